The molecule has 1 saturated heterocycles. The van der Waals surface area contributed by atoms with E-state index in [0.29, 0.717) is 18.2 Å². The average Bonchev–Trinajstić information content (AvgIpc) is 3.33. The predicted molar refractivity (Wildman–Crippen MR) is 106 cm³/mol. The molecule has 0 spiro atoms. The Kier molecular flexibility index (Phi) is 6.96. The lowest BCUT2D eigenvalue weighted by atomic mass is 10.1. The second kappa shape index (κ2) is 9.63. The third kappa shape index (κ3) is 5.06. The standard InChI is InChI=1S/C18H26N6O3S/c1-3-19-16(26)20-15(25)13(2)28-18-22-21-17(23-9-5-4-6-10-23)24(18)12-14-8-7-11-27-14/h7-8,11,13H,3-6,9-10,12H2,1-2H3,(H2,19,20,25,26). The molecule has 0 aliphatic carbocycles. The number of thioether (sulfide) groups is 1. The van der Waals surface area contributed by atoms with Crippen molar-refractivity contribution in [2.75, 3.05) is 24.5 Å². The molecule has 1 aliphatic heterocycles. The van der Waals surface area contributed by atoms with Crippen LogP contribution in [0.3, 0.4) is 0 Å². The second-order valence-electron chi connectivity index (χ2n) is 6.60. The first-order valence-electron chi connectivity index (χ1n) is 9.54. The van der Waals surface area contributed by atoms with E-state index in [-0.39, 0.29) is 5.91 Å². The summed E-state index contributed by atoms with van der Waals surface area (Å²) < 4.78 is 7.48. The van der Waals surface area contributed by atoms with Crippen molar-refractivity contribution in [2.24, 2.45) is 0 Å². The van der Waals surface area contributed by atoms with Crippen molar-refractivity contribution in [3.05, 3.63) is 24.2 Å². The van der Waals surface area contributed by atoms with Crippen LogP contribution in [-0.4, -0.2) is 51.6 Å². The zero-order chi connectivity index (χ0) is 19.9. The normalized spacial score (nSPS) is 15.3. The zero-order valence-electron chi connectivity index (χ0n) is 16.2. The third-order valence-corrected chi connectivity index (χ3v) is 5.54. The molecule has 0 bridgehead atoms. The first kappa shape index (κ1) is 20.2. The molecule has 1 atom stereocenters. The lowest BCUT2D eigenvalue weighted by Gasteiger charge is -2.27. The van der Waals surface area contributed by atoms with Crippen LogP contribution in [0.5, 0.6) is 0 Å². The minimum Gasteiger partial charge on any atom is -0.467 e. The number of aromatic nitrogens is 3. The van der Waals surface area contributed by atoms with Gasteiger partial charge in [-0.1, -0.05) is 11.8 Å². The maximum atomic E-state index is 12.3. The molecule has 1 unspecified atom stereocenters. The van der Waals surface area contributed by atoms with Gasteiger partial charge >= 0.3 is 6.03 Å². The number of carbonyl (C=O) groups excluding carboxylic acids is 2. The van der Waals surface area contributed by atoms with Gasteiger partial charge in [0.05, 0.1) is 18.1 Å². The summed E-state index contributed by atoms with van der Waals surface area (Å²) in [6.07, 6.45) is 5.11. The summed E-state index contributed by atoms with van der Waals surface area (Å²) >= 11 is 1.27. The molecule has 0 saturated carbocycles. The van der Waals surface area contributed by atoms with E-state index < -0.39 is 11.3 Å². The number of amides is 3. The Morgan fingerprint density at radius 2 is 2.07 bits per heavy atom. The summed E-state index contributed by atoms with van der Waals surface area (Å²) in [6, 6.07) is 3.25. The van der Waals surface area contributed by atoms with Gasteiger partial charge in [-0.2, -0.15) is 0 Å². The van der Waals surface area contributed by atoms with Crippen LogP contribution in [0, 0.1) is 0 Å². The Morgan fingerprint density at radius 1 is 1.29 bits per heavy atom. The topological polar surface area (TPSA) is 105 Å². The summed E-state index contributed by atoms with van der Waals surface area (Å²) in [6.45, 7) is 6.35. The molecular weight excluding hydrogens is 380 g/mol. The quantitative estimate of drug-likeness (QED) is 0.679. The highest BCUT2D eigenvalue weighted by Gasteiger charge is 2.25. The van der Waals surface area contributed by atoms with Gasteiger partial charge in [-0.05, 0) is 45.2 Å². The monoisotopic (exact) mass is 406 g/mol. The highest BCUT2D eigenvalue weighted by Crippen LogP contribution is 2.28. The van der Waals surface area contributed by atoms with Crippen LogP contribution in [0.1, 0.15) is 38.9 Å². The fraction of sp³-hybridized carbons (Fsp3) is 0.556. The van der Waals surface area contributed by atoms with E-state index in [1.54, 1.807) is 20.1 Å². The summed E-state index contributed by atoms with van der Waals surface area (Å²) in [5.41, 5.74) is 0. The Hall–Kier alpha value is -2.49. The fourth-order valence-corrected chi connectivity index (χ4v) is 3.87. The van der Waals surface area contributed by atoms with Gasteiger partial charge in [-0.15, -0.1) is 10.2 Å². The fourth-order valence-electron chi connectivity index (χ4n) is 3.02. The van der Waals surface area contributed by atoms with E-state index >= 15 is 0 Å². The van der Waals surface area contributed by atoms with Gasteiger partial charge in [0.25, 0.3) is 0 Å². The van der Waals surface area contributed by atoms with E-state index in [4.69, 9.17) is 4.42 Å². The number of imide groups is 1. The number of urea groups is 1. The molecule has 152 valence electrons. The van der Waals surface area contributed by atoms with Crippen molar-refractivity contribution in [3.8, 4) is 0 Å². The Balaban J connectivity index is 1.76. The molecule has 3 rings (SSSR count). The number of nitrogens with one attached hydrogen (secondary N) is 2. The van der Waals surface area contributed by atoms with Crippen LogP contribution in [-0.2, 0) is 11.3 Å². The van der Waals surface area contributed by atoms with Gasteiger partial charge in [0, 0.05) is 19.6 Å². The van der Waals surface area contributed by atoms with Crippen molar-refractivity contribution in [3.63, 3.8) is 0 Å². The molecule has 2 aromatic heterocycles. The van der Waals surface area contributed by atoms with Crippen LogP contribution < -0.4 is 15.5 Å². The van der Waals surface area contributed by atoms with Gasteiger partial charge in [-0.25, -0.2) is 4.79 Å². The van der Waals surface area contributed by atoms with Crippen LogP contribution in [0.4, 0.5) is 10.7 Å². The minimum absolute atomic E-state index is 0.372. The van der Waals surface area contributed by atoms with Crippen molar-refractivity contribution in [1.82, 2.24) is 25.4 Å². The Morgan fingerprint density at radius 3 is 2.75 bits per heavy atom. The Labute approximate surface area is 168 Å². The van der Waals surface area contributed by atoms with Crippen LogP contribution in [0.25, 0.3) is 0 Å². The molecule has 9 nitrogen and oxygen atoms in total. The summed E-state index contributed by atoms with van der Waals surface area (Å²) in [4.78, 5) is 26.1. The van der Waals surface area contributed by atoms with Crippen molar-refractivity contribution < 1.29 is 14.0 Å². The van der Waals surface area contributed by atoms with E-state index in [1.165, 1.54) is 18.2 Å². The number of rotatable bonds is 7. The van der Waals surface area contributed by atoms with Crippen LogP contribution in [0.15, 0.2) is 28.0 Å². The predicted octanol–water partition coefficient (Wildman–Crippen LogP) is 2.24. The summed E-state index contributed by atoms with van der Waals surface area (Å²) in [7, 11) is 0. The first-order valence-corrected chi connectivity index (χ1v) is 10.4. The molecule has 0 aromatic carbocycles. The number of nitrogens with zero attached hydrogens (tertiary/aromatic N) is 4. The number of hydrogen-bond donors (Lipinski definition) is 2. The van der Waals surface area contributed by atoms with Crippen LogP contribution >= 0.6 is 11.8 Å². The largest absolute Gasteiger partial charge is 0.467 e. The lowest BCUT2D eigenvalue weighted by molar-refractivity contribution is -0.119. The molecule has 3 heterocycles. The number of anilines is 1. The van der Waals surface area contributed by atoms with Crippen molar-refractivity contribution in [1.29, 1.82) is 0 Å². The molecule has 0 radical (unpaired) electrons. The lowest BCUT2D eigenvalue weighted by Crippen LogP contribution is -2.42. The van der Waals surface area contributed by atoms with Crippen molar-refractivity contribution in [2.45, 2.75) is 50.1 Å². The SMILES string of the molecule is CCNC(=O)NC(=O)C(C)Sc1nnc(N2CCCCC2)n1Cc1ccco1. The van der Waals surface area contributed by atoms with E-state index in [9.17, 15) is 9.59 Å². The molecule has 28 heavy (non-hydrogen) atoms. The zero-order valence-corrected chi connectivity index (χ0v) is 17.0. The first-order chi connectivity index (χ1) is 13.6. The molecule has 10 heteroatoms. The number of hydrogen-bond acceptors (Lipinski definition) is 7. The van der Waals surface area contributed by atoms with Gasteiger partial charge in [0.2, 0.25) is 11.9 Å². The van der Waals surface area contributed by atoms with Gasteiger partial charge in [0.1, 0.15) is 5.76 Å². The summed E-state index contributed by atoms with van der Waals surface area (Å²) in [5.74, 6) is 1.21. The molecular formula is C18H26N6O3S. The smallest absolute Gasteiger partial charge is 0.321 e. The van der Waals surface area contributed by atoms with Gasteiger partial charge in [-0.3, -0.25) is 14.7 Å². The Bertz CT molecular complexity index is 785. The van der Waals surface area contributed by atoms with Gasteiger partial charge in [0.15, 0.2) is 5.16 Å². The van der Waals surface area contributed by atoms with Crippen molar-refractivity contribution >= 4 is 29.6 Å². The molecule has 1 fully saturated rings. The molecule has 3 amide bonds. The van der Waals surface area contributed by atoms with E-state index in [2.05, 4.69) is 25.7 Å². The minimum atomic E-state index is -0.503. The second-order valence-corrected chi connectivity index (χ2v) is 7.91. The number of carbonyl (C=O) groups is 2. The van der Waals surface area contributed by atoms with E-state index in [1.807, 2.05) is 16.7 Å². The number of furan rings is 1. The highest BCUT2D eigenvalue weighted by atomic mass is 32.2. The summed E-state index contributed by atoms with van der Waals surface area (Å²) in [5, 5.41) is 13.7. The molecule has 2 N–H and O–H groups in total. The average molecular weight is 407 g/mol. The third-order valence-electron chi connectivity index (χ3n) is 4.46. The molecule has 1 aliphatic rings. The maximum Gasteiger partial charge on any atom is 0.321 e. The van der Waals surface area contributed by atoms with Crippen LogP contribution in [0.2, 0.25) is 0 Å². The highest BCUT2D eigenvalue weighted by molar-refractivity contribution is 8.00. The molecule has 2 aromatic rings. The van der Waals surface area contributed by atoms with Gasteiger partial charge < -0.3 is 14.6 Å². The van der Waals surface area contributed by atoms with E-state index in [0.717, 1.165) is 37.6 Å². The maximum absolute atomic E-state index is 12.3. The number of piperidine rings is 1.